The fraction of sp³-hybridized carbons (Fsp3) is 0.455. The summed E-state index contributed by atoms with van der Waals surface area (Å²) in [4.78, 5) is 41.2. The van der Waals surface area contributed by atoms with Gasteiger partial charge in [-0.2, -0.15) is 4.99 Å². The molecule has 9 heteroatoms. The van der Waals surface area contributed by atoms with Crippen LogP contribution >= 0.6 is 0 Å². The van der Waals surface area contributed by atoms with Crippen LogP contribution in [0.25, 0.3) is 10.9 Å². The van der Waals surface area contributed by atoms with Gasteiger partial charge < -0.3 is 25.1 Å². The molecule has 0 saturated heterocycles. The van der Waals surface area contributed by atoms with Crippen molar-refractivity contribution >= 4 is 34.7 Å². The molecule has 0 atom stereocenters. The molecule has 0 fully saturated rings. The van der Waals surface area contributed by atoms with Crippen LogP contribution in [0.4, 0.5) is 4.79 Å². The van der Waals surface area contributed by atoms with Crippen molar-refractivity contribution in [2.24, 2.45) is 10.7 Å². The first kappa shape index (κ1) is 32.4. The van der Waals surface area contributed by atoms with Gasteiger partial charge in [0.15, 0.2) is 0 Å². The van der Waals surface area contributed by atoms with E-state index in [4.69, 9.17) is 15.2 Å². The average Bonchev–Trinajstić information content (AvgIpc) is 3.24. The largest absolute Gasteiger partial charge is 0.460 e. The van der Waals surface area contributed by atoms with Crippen molar-refractivity contribution < 1.29 is 23.9 Å². The highest BCUT2D eigenvalue weighted by molar-refractivity contribution is 6.06. The number of esters is 1. The molecule has 0 saturated carbocycles. The third-order valence-electron chi connectivity index (χ3n) is 6.23. The summed E-state index contributed by atoms with van der Waals surface area (Å²) in [6, 6.07) is 17.2. The van der Waals surface area contributed by atoms with Crippen molar-refractivity contribution in [2.45, 2.75) is 91.4 Å². The molecule has 2 aromatic carbocycles. The van der Waals surface area contributed by atoms with Crippen LogP contribution in [0.3, 0.4) is 0 Å². The fourth-order valence-corrected chi connectivity index (χ4v) is 4.44. The number of hydrogen-bond donors (Lipinski definition) is 2. The highest BCUT2D eigenvalue weighted by atomic mass is 16.6. The van der Waals surface area contributed by atoms with Crippen LogP contribution in [0.15, 0.2) is 59.6 Å². The van der Waals surface area contributed by atoms with Gasteiger partial charge in [0, 0.05) is 36.0 Å². The first-order chi connectivity index (χ1) is 19.7. The van der Waals surface area contributed by atoms with Gasteiger partial charge in [-0.3, -0.25) is 9.59 Å². The summed E-state index contributed by atoms with van der Waals surface area (Å²) in [7, 11) is 0. The molecule has 0 radical (unpaired) electrons. The van der Waals surface area contributed by atoms with Gasteiger partial charge in [-0.15, -0.1) is 0 Å². The maximum atomic E-state index is 13.3. The number of aliphatic imine (C=N–C) groups is 1. The second-order valence-electron chi connectivity index (χ2n) is 12.4. The van der Waals surface area contributed by atoms with Gasteiger partial charge in [0.2, 0.25) is 0 Å². The normalized spacial score (nSPS) is 12.3. The first-order valence-electron chi connectivity index (χ1n) is 14.5. The third-order valence-corrected chi connectivity index (χ3v) is 6.23. The molecule has 1 aromatic heterocycles. The predicted octanol–water partition coefficient (Wildman–Crippen LogP) is 6.35. The van der Waals surface area contributed by atoms with Crippen molar-refractivity contribution in [1.29, 1.82) is 0 Å². The molecule has 3 rings (SSSR count). The number of nitrogens with zero attached hydrogens (tertiary/aromatic N) is 2. The van der Waals surface area contributed by atoms with E-state index in [0.717, 1.165) is 42.1 Å². The zero-order valence-corrected chi connectivity index (χ0v) is 25.7. The Hall–Kier alpha value is -4.14. The van der Waals surface area contributed by atoms with Crippen molar-refractivity contribution in [3.63, 3.8) is 0 Å². The quantitative estimate of drug-likeness (QED) is 0.119. The van der Waals surface area contributed by atoms with Gasteiger partial charge in [-0.1, -0.05) is 43.2 Å². The van der Waals surface area contributed by atoms with Gasteiger partial charge in [0.25, 0.3) is 5.91 Å². The molecule has 42 heavy (non-hydrogen) atoms. The Morgan fingerprint density at radius 2 is 1.52 bits per heavy atom. The average molecular weight is 577 g/mol. The molecule has 9 nitrogen and oxygen atoms in total. The van der Waals surface area contributed by atoms with E-state index in [-0.39, 0.29) is 17.7 Å². The third kappa shape index (κ3) is 10.4. The summed E-state index contributed by atoms with van der Waals surface area (Å²) < 4.78 is 12.6. The van der Waals surface area contributed by atoms with Gasteiger partial charge >= 0.3 is 12.1 Å². The van der Waals surface area contributed by atoms with E-state index < -0.39 is 17.3 Å². The topological polar surface area (TPSA) is 125 Å². The highest BCUT2D eigenvalue weighted by Crippen LogP contribution is 2.24. The number of fused-ring (bicyclic) bond motifs is 1. The van der Waals surface area contributed by atoms with E-state index in [9.17, 15) is 14.4 Å². The van der Waals surface area contributed by atoms with E-state index in [1.165, 1.54) is 0 Å². The van der Waals surface area contributed by atoms with Gasteiger partial charge in [-0.05, 0) is 84.2 Å². The molecule has 0 aliphatic heterocycles. The van der Waals surface area contributed by atoms with E-state index in [1.54, 1.807) is 26.8 Å². The lowest BCUT2D eigenvalue weighted by Gasteiger charge is -2.19. The van der Waals surface area contributed by atoms with Crippen LogP contribution < -0.4 is 11.1 Å². The second kappa shape index (κ2) is 14.2. The number of rotatable bonds is 11. The van der Waals surface area contributed by atoms with E-state index in [0.29, 0.717) is 30.8 Å². The second-order valence-corrected chi connectivity index (χ2v) is 12.4. The SMILES string of the molecule is CC(C)(C)OC(=O)CCCCCCNC(=O)c1cc2cc(/C(N)=N/C(=O)OC(C)(C)C)ccc2n1Cc1ccccc1. The van der Waals surface area contributed by atoms with Crippen LogP contribution in [0.2, 0.25) is 0 Å². The van der Waals surface area contributed by atoms with Gasteiger partial charge in [0.1, 0.15) is 22.7 Å². The molecule has 2 amide bonds. The molecule has 0 spiro atoms. The number of amides is 2. The Labute approximate surface area is 248 Å². The van der Waals surface area contributed by atoms with Crippen LogP contribution in [0, 0.1) is 0 Å². The van der Waals surface area contributed by atoms with Crippen LogP contribution in [-0.4, -0.2) is 46.1 Å². The standard InChI is InChI=1S/C33H44N4O5/c1-32(2,3)41-28(38)16-12-7-8-13-19-35-30(39)27-21-25-20-24(29(34)36-31(40)42-33(4,5)6)17-18-26(25)37(27)22-23-14-10-9-11-15-23/h9-11,14-15,17-18,20-21H,7-8,12-13,16,19,22H2,1-6H3,(H,35,39)(H2,34,36,40). The Morgan fingerprint density at radius 3 is 2.19 bits per heavy atom. The Balaban J connectivity index is 1.69. The lowest BCUT2D eigenvalue weighted by Crippen LogP contribution is -2.27. The zero-order valence-electron chi connectivity index (χ0n) is 25.7. The Kier molecular flexibility index (Phi) is 10.9. The lowest BCUT2D eigenvalue weighted by molar-refractivity contribution is -0.154. The van der Waals surface area contributed by atoms with Gasteiger partial charge in [-0.25, -0.2) is 4.79 Å². The summed E-state index contributed by atoms with van der Waals surface area (Å²) in [5.41, 5.74) is 7.99. The van der Waals surface area contributed by atoms with Crippen molar-refractivity contribution in [2.75, 3.05) is 6.54 Å². The maximum Gasteiger partial charge on any atom is 0.436 e. The van der Waals surface area contributed by atoms with E-state index in [2.05, 4.69) is 10.3 Å². The molecule has 3 aromatic rings. The van der Waals surface area contributed by atoms with Crippen LogP contribution in [0.1, 0.15) is 95.3 Å². The van der Waals surface area contributed by atoms with Crippen molar-refractivity contribution in [1.82, 2.24) is 9.88 Å². The molecular formula is C33H44N4O5. The molecular weight excluding hydrogens is 532 g/mol. The smallest absolute Gasteiger partial charge is 0.436 e. The number of unbranched alkanes of at least 4 members (excludes halogenated alkanes) is 3. The molecule has 0 unspecified atom stereocenters. The zero-order chi connectivity index (χ0) is 30.9. The maximum absolute atomic E-state index is 13.3. The van der Waals surface area contributed by atoms with Crippen LogP contribution in [-0.2, 0) is 20.8 Å². The fourth-order valence-electron chi connectivity index (χ4n) is 4.44. The highest BCUT2D eigenvalue weighted by Gasteiger charge is 2.19. The van der Waals surface area contributed by atoms with Crippen molar-refractivity contribution in [3.8, 4) is 0 Å². The number of ether oxygens (including phenoxy) is 2. The summed E-state index contributed by atoms with van der Waals surface area (Å²) in [6.07, 6.45) is 3.00. The molecule has 0 aliphatic carbocycles. The lowest BCUT2D eigenvalue weighted by atomic mass is 10.1. The van der Waals surface area contributed by atoms with Gasteiger partial charge in [0.05, 0.1) is 0 Å². The minimum Gasteiger partial charge on any atom is -0.460 e. The first-order valence-corrected chi connectivity index (χ1v) is 14.5. The summed E-state index contributed by atoms with van der Waals surface area (Å²) in [6.45, 7) is 11.9. The molecule has 3 N–H and O–H groups in total. The number of hydrogen-bond acceptors (Lipinski definition) is 5. The van der Waals surface area contributed by atoms with Crippen LogP contribution in [0.5, 0.6) is 0 Å². The number of nitrogens with one attached hydrogen (secondary N) is 1. The number of carbonyl (C=O) groups excluding carboxylic acids is 3. The summed E-state index contributed by atoms with van der Waals surface area (Å²) in [5.74, 6) is -0.310. The molecule has 1 heterocycles. The Morgan fingerprint density at radius 1 is 0.857 bits per heavy atom. The minimum absolute atomic E-state index is 0.0413. The number of carbonyl (C=O) groups is 3. The van der Waals surface area contributed by atoms with E-state index in [1.807, 2.05) is 73.9 Å². The monoisotopic (exact) mass is 576 g/mol. The van der Waals surface area contributed by atoms with Crippen molar-refractivity contribution in [3.05, 3.63) is 71.4 Å². The summed E-state index contributed by atoms with van der Waals surface area (Å²) >= 11 is 0. The Bertz CT molecular complexity index is 1410. The molecule has 0 bridgehead atoms. The summed E-state index contributed by atoms with van der Waals surface area (Å²) in [5, 5.41) is 3.84. The number of amidine groups is 1. The number of aromatic nitrogens is 1. The van der Waals surface area contributed by atoms with E-state index >= 15 is 0 Å². The minimum atomic E-state index is -0.758. The predicted molar refractivity (Wildman–Crippen MR) is 166 cm³/mol. The molecule has 226 valence electrons. The molecule has 0 aliphatic rings. The number of benzene rings is 2. The number of nitrogens with two attached hydrogens (primary N) is 1.